The van der Waals surface area contributed by atoms with Gasteiger partial charge < -0.3 is 10.4 Å². The van der Waals surface area contributed by atoms with Crippen molar-refractivity contribution in [3.63, 3.8) is 0 Å². The van der Waals surface area contributed by atoms with Crippen LogP contribution in [-0.2, 0) is 24.1 Å². The van der Waals surface area contributed by atoms with Crippen LogP contribution in [0, 0.1) is 5.82 Å². The normalized spacial score (nSPS) is 12.6. The molecule has 0 aliphatic carbocycles. The summed E-state index contributed by atoms with van der Waals surface area (Å²) in [5.41, 5.74) is -0.238. The van der Waals surface area contributed by atoms with E-state index in [0.717, 1.165) is 16.8 Å². The zero-order chi connectivity index (χ0) is 22.8. The van der Waals surface area contributed by atoms with Gasteiger partial charge in [-0.2, -0.15) is 18.3 Å². The third kappa shape index (κ3) is 5.23. The summed E-state index contributed by atoms with van der Waals surface area (Å²) in [6.07, 6.45) is -4.66. The molecule has 1 aromatic heterocycles. The summed E-state index contributed by atoms with van der Waals surface area (Å²) in [6.45, 7) is 0.829. The van der Waals surface area contributed by atoms with Crippen LogP contribution >= 0.6 is 11.6 Å². The number of halogens is 5. The van der Waals surface area contributed by atoms with E-state index in [1.54, 1.807) is 18.2 Å². The minimum atomic E-state index is -4.66. The molecule has 1 heterocycles. The van der Waals surface area contributed by atoms with Crippen LogP contribution in [0.5, 0.6) is 0 Å². The molecule has 164 valence electrons. The average Bonchev–Trinajstić information content (AvgIpc) is 3.16. The monoisotopic (exact) mass is 455 g/mol. The number of hydrogen-bond donors (Lipinski definition) is 2. The van der Waals surface area contributed by atoms with Crippen molar-refractivity contribution in [2.75, 3.05) is 0 Å². The molecule has 1 amide bonds. The Bertz CT molecular complexity index is 1100. The van der Waals surface area contributed by atoms with Gasteiger partial charge in [0.1, 0.15) is 5.82 Å². The number of nitrogens with one attached hydrogen (secondary N) is 1. The van der Waals surface area contributed by atoms with Crippen molar-refractivity contribution in [2.45, 2.75) is 32.2 Å². The molecule has 0 radical (unpaired) electrons. The second-order valence-electron chi connectivity index (χ2n) is 6.86. The van der Waals surface area contributed by atoms with Crippen molar-refractivity contribution in [3.8, 4) is 5.69 Å². The van der Waals surface area contributed by atoms with E-state index < -0.39 is 36.1 Å². The van der Waals surface area contributed by atoms with E-state index in [-0.39, 0.29) is 17.8 Å². The van der Waals surface area contributed by atoms with E-state index >= 15 is 0 Å². The van der Waals surface area contributed by atoms with Gasteiger partial charge in [-0.05, 0) is 42.8 Å². The molecule has 2 aromatic carbocycles. The highest BCUT2D eigenvalue weighted by molar-refractivity contribution is 6.30. The summed E-state index contributed by atoms with van der Waals surface area (Å²) in [6, 6.07) is 11.0. The van der Waals surface area contributed by atoms with Gasteiger partial charge in [-0.1, -0.05) is 29.8 Å². The number of amides is 1. The summed E-state index contributed by atoms with van der Waals surface area (Å²) in [4.78, 5) is 12.5. The maximum atomic E-state index is 13.9. The minimum Gasteiger partial charge on any atom is -0.392 e. The van der Waals surface area contributed by atoms with Gasteiger partial charge in [0.2, 0.25) is 5.91 Å². The Morgan fingerprint density at radius 3 is 2.58 bits per heavy atom. The number of aliphatic hydroxyl groups is 1. The van der Waals surface area contributed by atoms with E-state index in [2.05, 4.69) is 10.4 Å². The molecule has 1 atom stereocenters. The zero-order valence-electron chi connectivity index (χ0n) is 16.3. The van der Waals surface area contributed by atoms with Gasteiger partial charge in [-0.15, -0.1) is 0 Å². The zero-order valence-corrected chi connectivity index (χ0v) is 17.0. The fourth-order valence-corrected chi connectivity index (χ4v) is 3.14. The number of aromatic nitrogens is 2. The van der Waals surface area contributed by atoms with Gasteiger partial charge in [0, 0.05) is 10.6 Å². The number of alkyl halides is 3. The standard InChI is InChI=1S/C21H18ClF4N3O2/c1-12(13-5-6-14(11-30)18(23)7-13)20(31)27-10-17-9-19(21(24,25)26)28-29(17)16-4-2-3-15(22)8-16/h2-9,12,30H,10-11H2,1H3,(H,27,31)/t12-/m1/s1. The van der Waals surface area contributed by atoms with E-state index in [1.165, 1.54) is 25.1 Å². The Morgan fingerprint density at radius 2 is 1.97 bits per heavy atom. The molecule has 2 N–H and O–H groups in total. The lowest BCUT2D eigenvalue weighted by Crippen LogP contribution is -2.28. The van der Waals surface area contributed by atoms with Gasteiger partial charge in [0.25, 0.3) is 0 Å². The first-order valence-corrected chi connectivity index (χ1v) is 9.57. The first kappa shape index (κ1) is 22.8. The Morgan fingerprint density at radius 1 is 1.23 bits per heavy atom. The largest absolute Gasteiger partial charge is 0.435 e. The van der Waals surface area contributed by atoms with E-state index in [4.69, 9.17) is 16.7 Å². The lowest BCUT2D eigenvalue weighted by molar-refractivity contribution is -0.141. The van der Waals surface area contributed by atoms with Crippen molar-refractivity contribution >= 4 is 17.5 Å². The molecule has 0 spiro atoms. The molecule has 0 saturated carbocycles. The Hall–Kier alpha value is -2.91. The molecule has 3 rings (SSSR count). The Kier molecular flexibility index (Phi) is 6.66. The molecular weight excluding hydrogens is 438 g/mol. The topological polar surface area (TPSA) is 67.2 Å². The molecule has 0 aliphatic heterocycles. The number of benzene rings is 2. The van der Waals surface area contributed by atoms with Crippen LogP contribution < -0.4 is 5.32 Å². The van der Waals surface area contributed by atoms with Crippen LogP contribution in [0.4, 0.5) is 17.6 Å². The molecule has 5 nitrogen and oxygen atoms in total. The van der Waals surface area contributed by atoms with Crippen LogP contribution in [0.1, 0.15) is 35.4 Å². The molecule has 0 aliphatic rings. The fraction of sp³-hybridized carbons (Fsp3) is 0.238. The summed E-state index contributed by atoms with van der Waals surface area (Å²) >= 11 is 5.94. The highest BCUT2D eigenvalue weighted by Crippen LogP contribution is 2.30. The van der Waals surface area contributed by atoms with Crippen molar-refractivity contribution in [1.82, 2.24) is 15.1 Å². The second kappa shape index (κ2) is 9.07. The van der Waals surface area contributed by atoms with Gasteiger partial charge >= 0.3 is 6.18 Å². The molecule has 0 fully saturated rings. The Labute approximate surface area is 180 Å². The van der Waals surface area contributed by atoms with Gasteiger partial charge in [0.05, 0.1) is 30.5 Å². The molecule has 0 unspecified atom stereocenters. The third-order valence-electron chi connectivity index (χ3n) is 4.71. The number of carbonyl (C=O) groups excluding carboxylic acids is 1. The number of carbonyl (C=O) groups is 1. The summed E-state index contributed by atoms with van der Waals surface area (Å²) < 4.78 is 54.5. The van der Waals surface area contributed by atoms with Crippen LogP contribution in [-0.4, -0.2) is 20.8 Å². The smallest absolute Gasteiger partial charge is 0.392 e. The van der Waals surface area contributed by atoms with Gasteiger partial charge in [-0.3, -0.25) is 4.79 Å². The van der Waals surface area contributed by atoms with Crippen LogP contribution in [0.2, 0.25) is 5.02 Å². The van der Waals surface area contributed by atoms with Crippen molar-refractivity contribution in [2.24, 2.45) is 0 Å². The SMILES string of the molecule is C[C@@H](C(=O)NCc1cc(C(F)(F)F)nn1-c1cccc(Cl)c1)c1ccc(CO)c(F)c1. The van der Waals surface area contributed by atoms with E-state index in [9.17, 15) is 22.4 Å². The van der Waals surface area contributed by atoms with Gasteiger partial charge in [-0.25, -0.2) is 9.07 Å². The van der Waals surface area contributed by atoms with Gasteiger partial charge in [0.15, 0.2) is 5.69 Å². The van der Waals surface area contributed by atoms with Crippen molar-refractivity contribution < 1.29 is 27.5 Å². The van der Waals surface area contributed by atoms with E-state index in [1.807, 2.05) is 0 Å². The first-order chi connectivity index (χ1) is 14.6. The third-order valence-corrected chi connectivity index (χ3v) is 4.95. The van der Waals surface area contributed by atoms with Crippen molar-refractivity contribution in [1.29, 1.82) is 0 Å². The number of nitrogens with zero attached hydrogens (tertiary/aromatic N) is 2. The number of rotatable bonds is 6. The molecule has 10 heteroatoms. The summed E-state index contributed by atoms with van der Waals surface area (Å²) in [7, 11) is 0. The first-order valence-electron chi connectivity index (χ1n) is 9.19. The summed E-state index contributed by atoms with van der Waals surface area (Å²) in [5.74, 6) is -1.93. The van der Waals surface area contributed by atoms with Crippen LogP contribution in [0.15, 0.2) is 48.5 Å². The molecule has 3 aromatic rings. The maximum Gasteiger partial charge on any atom is 0.435 e. The Balaban J connectivity index is 1.82. The van der Waals surface area contributed by atoms with Crippen LogP contribution in [0.3, 0.4) is 0 Å². The molecule has 31 heavy (non-hydrogen) atoms. The molecule has 0 bridgehead atoms. The highest BCUT2D eigenvalue weighted by Gasteiger charge is 2.35. The maximum absolute atomic E-state index is 13.9. The second-order valence-corrected chi connectivity index (χ2v) is 7.30. The van der Waals surface area contributed by atoms with E-state index in [0.29, 0.717) is 16.3 Å². The lowest BCUT2D eigenvalue weighted by atomic mass is 9.98. The van der Waals surface area contributed by atoms with Crippen molar-refractivity contribution in [3.05, 3.63) is 81.9 Å². The quantitative estimate of drug-likeness (QED) is 0.534. The predicted octanol–water partition coefficient (Wildman–Crippen LogP) is 4.60. The molecule has 0 saturated heterocycles. The predicted molar refractivity (Wildman–Crippen MR) is 106 cm³/mol. The lowest BCUT2D eigenvalue weighted by Gasteiger charge is -2.14. The summed E-state index contributed by atoms with van der Waals surface area (Å²) in [5, 5.41) is 15.5. The van der Waals surface area contributed by atoms with Crippen LogP contribution in [0.25, 0.3) is 5.69 Å². The fourth-order valence-electron chi connectivity index (χ4n) is 2.96. The average molecular weight is 456 g/mol. The minimum absolute atomic E-state index is 0.0944. The molecular formula is C21H18ClF4N3O2. The number of aliphatic hydroxyl groups excluding tert-OH is 1. The highest BCUT2D eigenvalue weighted by atomic mass is 35.5. The number of hydrogen-bond acceptors (Lipinski definition) is 3.